The van der Waals surface area contributed by atoms with Gasteiger partial charge in [0.15, 0.2) is 5.75 Å². The molecule has 0 aliphatic heterocycles. The number of nitrogens with one attached hydrogen (secondary N) is 1. The fraction of sp³-hybridized carbons (Fsp3) is 0.357. The van der Waals surface area contributed by atoms with E-state index in [1.165, 1.54) is 0 Å². The van der Waals surface area contributed by atoms with Crippen LogP contribution in [0.3, 0.4) is 0 Å². The standard InChI is InChI=1S/C14H19N3O/c1-4-8-17-14(13(18-3)10-16-17)11-6-5-7-12(9-11)15-2/h5-7,9-10,15H,4,8H2,1-3H3. The van der Waals surface area contributed by atoms with E-state index in [0.717, 1.165) is 35.7 Å². The smallest absolute Gasteiger partial charge is 0.164 e. The average Bonchev–Trinajstić information content (AvgIpc) is 2.82. The molecule has 0 spiro atoms. The summed E-state index contributed by atoms with van der Waals surface area (Å²) in [7, 11) is 3.60. The van der Waals surface area contributed by atoms with Crippen LogP contribution in [0.5, 0.6) is 5.75 Å². The van der Waals surface area contributed by atoms with Crippen molar-refractivity contribution < 1.29 is 4.74 Å². The van der Waals surface area contributed by atoms with E-state index < -0.39 is 0 Å². The number of methoxy groups -OCH3 is 1. The molecule has 1 aromatic carbocycles. The van der Waals surface area contributed by atoms with E-state index in [4.69, 9.17) is 4.74 Å². The molecule has 2 rings (SSSR count). The zero-order valence-electron chi connectivity index (χ0n) is 11.1. The lowest BCUT2D eigenvalue weighted by Crippen LogP contribution is -2.02. The first-order valence-corrected chi connectivity index (χ1v) is 6.18. The lowest BCUT2D eigenvalue weighted by Gasteiger charge is -2.10. The van der Waals surface area contributed by atoms with Crippen LogP contribution in [0, 0.1) is 0 Å². The molecule has 0 aliphatic rings. The van der Waals surface area contributed by atoms with Crippen molar-refractivity contribution >= 4 is 5.69 Å². The van der Waals surface area contributed by atoms with Crippen LogP contribution in [-0.2, 0) is 6.54 Å². The van der Waals surface area contributed by atoms with E-state index in [9.17, 15) is 0 Å². The molecule has 0 atom stereocenters. The van der Waals surface area contributed by atoms with Crippen LogP contribution in [-0.4, -0.2) is 23.9 Å². The number of aromatic nitrogens is 2. The van der Waals surface area contributed by atoms with Crippen LogP contribution in [0.1, 0.15) is 13.3 Å². The first-order valence-electron chi connectivity index (χ1n) is 6.18. The Morgan fingerprint density at radius 3 is 2.89 bits per heavy atom. The van der Waals surface area contributed by atoms with Gasteiger partial charge in [0, 0.05) is 24.8 Å². The number of ether oxygens (including phenoxy) is 1. The third kappa shape index (κ3) is 2.32. The van der Waals surface area contributed by atoms with Crippen LogP contribution in [0.4, 0.5) is 5.69 Å². The highest BCUT2D eigenvalue weighted by Gasteiger charge is 2.13. The molecule has 4 heteroatoms. The molecular formula is C14H19N3O. The fourth-order valence-corrected chi connectivity index (χ4v) is 2.01. The van der Waals surface area contributed by atoms with Gasteiger partial charge in [0.25, 0.3) is 0 Å². The van der Waals surface area contributed by atoms with Gasteiger partial charge in [-0.25, -0.2) is 0 Å². The van der Waals surface area contributed by atoms with Crippen molar-refractivity contribution in [1.29, 1.82) is 0 Å². The van der Waals surface area contributed by atoms with E-state index in [-0.39, 0.29) is 0 Å². The number of benzene rings is 1. The normalized spacial score (nSPS) is 10.4. The topological polar surface area (TPSA) is 39.1 Å². The number of rotatable bonds is 5. The third-order valence-electron chi connectivity index (χ3n) is 2.89. The van der Waals surface area contributed by atoms with Gasteiger partial charge in [0.05, 0.1) is 13.3 Å². The molecule has 0 aliphatic carbocycles. The summed E-state index contributed by atoms with van der Waals surface area (Å²) < 4.78 is 7.39. The van der Waals surface area contributed by atoms with Gasteiger partial charge in [-0.1, -0.05) is 19.1 Å². The van der Waals surface area contributed by atoms with Gasteiger partial charge in [-0.2, -0.15) is 5.10 Å². The maximum atomic E-state index is 5.40. The molecule has 0 bridgehead atoms. The molecule has 1 heterocycles. The Labute approximate surface area is 108 Å². The minimum Gasteiger partial charge on any atom is -0.493 e. The molecule has 0 saturated carbocycles. The van der Waals surface area contributed by atoms with Crippen molar-refractivity contribution in [3.05, 3.63) is 30.5 Å². The zero-order chi connectivity index (χ0) is 13.0. The van der Waals surface area contributed by atoms with Crippen molar-refractivity contribution in [3.63, 3.8) is 0 Å². The lowest BCUT2D eigenvalue weighted by molar-refractivity contribution is 0.415. The summed E-state index contributed by atoms with van der Waals surface area (Å²) in [5.41, 5.74) is 3.24. The van der Waals surface area contributed by atoms with Gasteiger partial charge in [-0.3, -0.25) is 4.68 Å². The Kier molecular flexibility index (Phi) is 3.87. The van der Waals surface area contributed by atoms with E-state index >= 15 is 0 Å². The summed E-state index contributed by atoms with van der Waals surface area (Å²) in [4.78, 5) is 0. The van der Waals surface area contributed by atoms with E-state index in [1.54, 1.807) is 13.3 Å². The quantitative estimate of drug-likeness (QED) is 0.880. The average molecular weight is 245 g/mol. The predicted molar refractivity (Wildman–Crippen MR) is 74.1 cm³/mol. The molecule has 2 aromatic rings. The molecule has 0 saturated heterocycles. The van der Waals surface area contributed by atoms with E-state index in [2.05, 4.69) is 29.5 Å². The summed E-state index contributed by atoms with van der Waals surface area (Å²) in [6.07, 6.45) is 2.82. The van der Waals surface area contributed by atoms with Gasteiger partial charge in [-0.15, -0.1) is 0 Å². The molecular weight excluding hydrogens is 226 g/mol. The van der Waals surface area contributed by atoms with Crippen LogP contribution < -0.4 is 10.1 Å². The summed E-state index contributed by atoms with van der Waals surface area (Å²) in [6.45, 7) is 3.03. The lowest BCUT2D eigenvalue weighted by atomic mass is 10.1. The second-order valence-corrected chi connectivity index (χ2v) is 4.12. The van der Waals surface area contributed by atoms with Gasteiger partial charge in [0.1, 0.15) is 5.69 Å². The van der Waals surface area contributed by atoms with Crippen molar-refractivity contribution in [1.82, 2.24) is 9.78 Å². The Morgan fingerprint density at radius 1 is 1.39 bits per heavy atom. The molecule has 1 N–H and O–H groups in total. The Bertz CT molecular complexity index is 520. The number of anilines is 1. The number of hydrogen-bond acceptors (Lipinski definition) is 3. The van der Waals surface area contributed by atoms with Gasteiger partial charge in [0.2, 0.25) is 0 Å². The highest BCUT2D eigenvalue weighted by molar-refractivity contribution is 5.70. The highest BCUT2D eigenvalue weighted by Crippen LogP contribution is 2.31. The maximum Gasteiger partial charge on any atom is 0.164 e. The molecule has 0 amide bonds. The number of nitrogens with zero attached hydrogens (tertiary/aromatic N) is 2. The molecule has 4 nitrogen and oxygen atoms in total. The molecule has 1 aromatic heterocycles. The van der Waals surface area contributed by atoms with Crippen LogP contribution >= 0.6 is 0 Å². The Hall–Kier alpha value is -1.97. The van der Waals surface area contributed by atoms with E-state index in [1.807, 2.05) is 23.9 Å². The molecule has 0 radical (unpaired) electrons. The minimum atomic E-state index is 0.816. The Morgan fingerprint density at radius 2 is 2.22 bits per heavy atom. The summed E-state index contributed by atoms with van der Waals surface area (Å²) >= 11 is 0. The van der Waals surface area contributed by atoms with Crippen LogP contribution in [0.25, 0.3) is 11.3 Å². The third-order valence-corrected chi connectivity index (χ3v) is 2.89. The maximum absolute atomic E-state index is 5.40. The molecule has 96 valence electrons. The molecule has 18 heavy (non-hydrogen) atoms. The van der Waals surface area contributed by atoms with Crippen molar-refractivity contribution in [3.8, 4) is 17.0 Å². The monoisotopic (exact) mass is 245 g/mol. The first kappa shape index (κ1) is 12.5. The minimum absolute atomic E-state index is 0.816. The molecule has 0 fully saturated rings. The second kappa shape index (κ2) is 5.58. The van der Waals surface area contributed by atoms with Crippen molar-refractivity contribution in [2.75, 3.05) is 19.5 Å². The van der Waals surface area contributed by atoms with Gasteiger partial charge < -0.3 is 10.1 Å². The summed E-state index contributed by atoms with van der Waals surface area (Å²) in [5.74, 6) is 0.816. The van der Waals surface area contributed by atoms with Gasteiger partial charge >= 0.3 is 0 Å². The number of aryl methyl sites for hydroxylation is 1. The second-order valence-electron chi connectivity index (χ2n) is 4.12. The van der Waals surface area contributed by atoms with Crippen LogP contribution in [0.15, 0.2) is 30.5 Å². The van der Waals surface area contributed by atoms with E-state index in [0.29, 0.717) is 0 Å². The summed E-state index contributed by atoms with van der Waals surface area (Å²) in [5, 5.41) is 7.53. The Balaban J connectivity index is 2.49. The largest absolute Gasteiger partial charge is 0.493 e. The van der Waals surface area contributed by atoms with Gasteiger partial charge in [-0.05, 0) is 18.6 Å². The van der Waals surface area contributed by atoms with Crippen LogP contribution in [0.2, 0.25) is 0 Å². The SMILES string of the molecule is CCCn1ncc(OC)c1-c1cccc(NC)c1. The van der Waals surface area contributed by atoms with Crippen molar-refractivity contribution in [2.24, 2.45) is 0 Å². The first-order chi connectivity index (χ1) is 8.80. The fourth-order valence-electron chi connectivity index (χ4n) is 2.01. The zero-order valence-corrected chi connectivity index (χ0v) is 11.1. The predicted octanol–water partition coefficient (Wildman–Crippen LogP) is 3.01. The highest BCUT2D eigenvalue weighted by atomic mass is 16.5. The molecule has 0 unspecified atom stereocenters. The number of hydrogen-bond donors (Lipinski definition) is 1. The summed E-state index contributed by atoms with van der Waals surface area (Å²) in [6, 6.07) is 8.25. The van der Waals surface area contributed by atoms with Crippen molar-refractivity contribution in [2.45, 2.75) is 19.9 Å².